The van der Waals surface area contributed by atoms with Gasteiger partial charge in [0.25, 0.3) is 0 Å². The minimum Gasteiger partial charge on any atom is -0.462 e. The van der Waals surface area contributed by atoms with Crippen LogP contribution < -0.4 is 0 Å². The van der Waals surface area contributed by atoms with Gasteiger partial charge in [-0.3, -0.25) is 14.4 Å². The second-order valence-corrected chi connectivity index (χ2v) is 24.1. The smallest absolute Gasteiger partial charge is 0.306 e. The van der Waals surface area contributed by atoms with Crippen LogP contribution in [0.4, 0.5) is 0 Å². The van der Waals surface area contributed by atoms with Crippen LogP contribution in [0.3, 0.4) is 0 Å². The zero-order valence-corrected chi connectivity index (χ0v) is 53.9. The van der Waals surface area contributed by atoms with E-state index in [4.69, 9.17) is 14.2 Å². The van der Waals surface area contributed by atoms with Gasteiger partial charge in [-0.2, -0.15) is 0 Å². The number of hydrogen-bond donors (Lipinski definition) is 0. The zero-order valence-electron chi connectivity index (χ0n) is 53.9. The van der Waals surface area contributed by atoms with Crippen molar-refractivity contribution in [3.8, 4) is 0 Å². The first-order chi connectivity index (χ1) is 39.5. The fourth-order valence-electron chi connectivity index (χ4n) is 10.8. The predicted octanol–water partition coefficient (Wildman–Crippen LogP) is 24.5. The minimum atomic E-state index is -0.788. The van der Waals surface area contributed by atoms with E-state index >= 15 is 0 Å². The molecular weight excluding hydrogens is 985 g/mol. The van der Waals surface area contributed by atoms with Gasteiger partial charge in [-0.25, -0.2) is 0 Å². The van der Waals surface area contributed by atoms with Crippen molar-refractivity contribution >= 4 is 17.9 Å². The van der Waals surface area contributed by atoms with Crippen molar-refractivity contribution in [1.29, 1.82) is 0 Å². The molecule has 0 rings (SSSR count). The van der Waals surface area contributed by atoms with E-state index in [1.165, 1.54) is 263 Å². The molecule has 0 aliphatic heterocycles. The number of carbonyl (C=O) groups excluding carboxylic acids is 3. The van der Waals surface area contributed by atoms with Crippen molar-refractivity contribution in [1.82, 2.24) is 0 Å². The molecule has 1 unspecified atom stereocenters. The van der Waals surface area contributed by atoms with Crippen LogP contribution in [0.5, 0.6) is 0 Å². The number of hydrogen-bond acceptors (Lipinski definition) is 6. The summed E-state index contributed by atoms with van der Waals surface area (Å²) in [6.07, 6.45) is 87.3. The van der Waals surface area contributed by atoms with Gasteiger partial charge < -0.3 is 14.2 Å². The van der Waals surface area contributed by atoms with Gasteiger partial charge >= 0.3 is 17.9 Å². The van der Waals surface area contributed by atoms with Crippen LogP contribution in [0.25, 0.3) is 0 Å². The molecule has 0 N–H and O–H groups in total. The van der Waals surface area contributed by atoms with Crippen LogP contribution in [0.2, 0.25) is 0 Å². The Balaban J connectivity index is 4.28. The average Bonchev–Trinajstić information content (AvgIpc) is 3.46. The molecule has 468 valence electrons. The third kappa shape index (κ3) is 66.2. The molecule has 80 heavy (non-hydrogen) atoms. The van der Waals surface area contributed by atoms with Gasteiger partial charge in [0.05, 0.1) is 0 Å². The monoisotopic (exact) mass is 1120 g/mol. The van der Waals surface area contributed by atoms with E-state index in [0.717, 1.165) is 83.5 Å². The second kappa shape index (κ2) is 68.9. The average molecular weight is 1120 g/mol. The van der Waals surface area contributed by atoms with Gasteiger partial charge in [-0.1, -0.05) is 358 Å². The number of esters is 3. The summed E-state index contributed by atoms with van der Waals surface area (Å²) in [5.74, 6) is -0.895. The van der Waals surface area contributed by atoms with Crippen molar-refractivity contribution < 1.29 is 28.6 Å². The Morgan fingerprint density at radius 1 is 0.263 bits per heavy atom. The summed E-state index contributed by atoms with van der Waals surface area (Å²) in [5.41, 5.74) is 0. The highest BCUT2D eigenvalue weighted by Gasteiger charge is 2.19. The molecule has 0 aromatic carbocycles. The maximum atomic E-state index is 13.0. The third-order valence-electron chi connectivity index (χ3n) is 16.1. The summed E-state index contributed by atoms with van der Waals surface area (Å²) in [5, 5.41) is 0. The van der Waals surface area contributed by atoms with E-state index in [1.807, 2.05) is 0 Å². The van der Waals surface area contributed by atoms with E-state index in [2.05, 4.69) is 69.4 Å². The van der Waals surface area contributed by atoms with Crippen LogP contribution >= 0.6 is 0 Å². The molecule has 0 aliphatic rings. The Hall–Kier alpha value is -2.63. The normalized spacial score (nSPS) is 12.3. The molecule has 0 fully saturated rings. The van der Waals surface area contributed by atoms with Gasteiger partial charge in [0.2, 0.25) is 0 Å². The lowest BCUT2D eigenvalue weighted by atomic mass is 10.0. The van der Waals surface area contributed by atoms with Gasteiger partial charge in [-0.15, -0.1) is 0 Å². The van der Waals surface area contributed by atoms with Crippen molar-refractivity contribution in [2.75, 3.05) is 13.2 Å². The lowest BCUT2D eigenvalue weighted by molar-refractivity contribution is -0.167. The molecule has 0 aliphatic carbocycles. The predicted molar refractivity (Wildman–Crippen MR) is 349 cm³/mol. The van der Waals surface area contributed by atoms with Crippen molar-refractivity contribution in [2.24, 2.45) is 0 Å². The topological polar surface area (TPSA) is 78.9 Å². The Labute approximate surface area is 498 Å². The minimum absolute atomic E-state index is 0.0809. The lowest BCUT2D eigenvalue weighted by Gasteiger charge is -2.18. The summed E-state index contributed by atoms with van der Waals surface area (Å²) >= 11 is 0. The Kier molecular flexibility index (Phi) is 66.6. The van der Waals surface area contributed by atoms with Crippen LogP contribution in [-0.2, 0) is 28.6 Å². The molecule has 6 nitrogen and oxygen atoms in total. The van der Waals surface area contributed by atoms with E-state index in [9.17, 15) is 14.4 Å². The van der Waals surface area contributed by atoms with E-state index in [0.29, 0.717) is 19.3 Å². The molecule has 0 saturated carbocycles. The lowest BCUT2D eigenvalue weighted by Crippen LogP contribution is -2.30. The highest BCUT2D eigenvalue weighted by Crippen LogP contribution is 2.19. The molecule has 0 radical (unpaired) electrons. The van der Waals surface area contributed by atoms with Gasteiger partial charge in [0, 0.05) is 19.3 Å². The summed E-state index contributed by atoms with van der Waals surface area (Å²) in [4.78, 5) is 38.4. The summed E-state index contributed by atoms with van der Waals surface area (Å²) in [7, 11) is 0. The highest BCUT2D eigenvalue weighted by molar-refractivity contribution is 5.71. The van der Waals surface area contributed by atoms with Gasteiger partial charge in [0.15, 0.2) is 6.10 Å². The molecule has 0 saturated heterocycles. The SMILES string of the molecule is CC/C=C\C/C=C\C/C=C\C/C=C\CCCCC(=O)OCC(COC(=O)CCCCCCCCCCCCCCCCCCCCCCCCCC)OC(=O)CCCCCCCCCCCCCCCCCCCCCCCCC. The van der Waals surface area contributed by atoms with E-state index in [1.54, 1.807) is 0 Å². The first kappa shape index (κ1) is 77.4. The van der Waals surface area contributed by atoms with Crippen LogP contribution in [0.1, 0.15) is 387 Å². The number of ether oxygens (including phenoxy) is 3. The maximum Gasteiger partial charge on any atom is 0.306 e. The molecule has 1 atom stereocenters. The summed E-state index contributed by atoms with van der Waals surface area (Å²) in [6, 6.07) is 0. The van der Waals surface area contributed by atoms with Gasteiger partial charge in [0.1, 0.15) is 13.2 Å². The quantitative estimate of drug-likeness (QED) is 0.0261. The Bertz CT molecular complexity index is 1380. The number of rotatable bonds is 66. The van der Waals surface area contributed by atoms with E-state index < -0.39 is 6.10 Å². The summed E-state index contributed by atoms with van der Waals surface area (Å²) < 4.78 is 17.0. The summed E-state index contributed by atoms with van der Waals surface area (Å²) in [6.45, 7) is 6.57. The van der Waals surface area contributed by atoms with Crippen LogP contribution in [0.15, 0.2) is 48.6 Å². The van der Waals surface area contributed by atoms with Crippen LogP contribution in [-0.4, -0.2) is 37.2 Å². The molecule has 0 spiro atoms. The zero-order chi connectivity index (χ0) is 57.8. The van der Waals surface area contributed by atoms with E-state index in [-0.39, 0.29) is 31.1 Å². The van der Waals surface area contributed by atoms with Crippen LogP contribution in [0, 0.1) is 0 Å². The molecule has 0 heterocycles. The highest BCUT2D eigenvalue weighted by atomic mass is 16.6. The largest absolute Gasteiger partial charge is 0.462 e. The molecule has 0 aromatic rings. The molecule has 0 amide bonds. The third-order valence-corrected chi connectivity index (χ3v) is 16.1. The second-order valence-electron chi connectivity index (χ2n) is 24.1. The molecule has 0 bridgehead atoms. The maximum absolute atomic E-state index is 13.0. The van der Waals surface area contributed by atoms with Crippen molar-refractivity contribution in [3.05, 3.63) is 48.6 Å². The molecule has 6 heteroatoms. The number of unbranched alkanes of at least 4 members (excludes halogenated alkanes) is 47. The fraction of sp³-hybridized carbons (Fsp3) is 0.851. The first-order valence-electron chi connectivity index (χ1n) is 35.6. The number of allylic oxidation sites excluding steroid dienone is 8. The van der Waals surface area contributed by atoms with Crippen molar-refractivity contribution in [3.63, 3.8) is 0 Å². The first-order valence-corrected chi connectivity index (χ1v) is 35.6. The van der Waals surface area contributed by atoms with Gasteiger partial charge in [-0.05, 0) is 57.8 Å². The Morgan fingerprint density at radius 3 is 0.762 bits per heavy atom. The molecule has 0 aromatic heterocycles. The Morgan fingerprint density at radius 2 is 0.487 bits per heavy atom. The fourth-order valence-corrected chi connectivity index (χ4v) is 10.8. The standard InChI is InChI=1S/C74H136O6/c1-4-7-10-13-16-19-22-25-28-30-32-34-36-38-39-41-43-46-49-52-55-58-61-64-67-73(76)79-70-71(69-78-72(75)66-63-60-57-54-51-48-45-27-24-21-18-15-12-9-6-3)80-74(77)68-65-62-59-56-53-50-47-44-42-40-37-35-33-31-29-26-23-20-17-14-11-8-5-2/h9,12,18,21,27,45,51,54,71H,4-8,10-11,13-17,19-20,22-26,28-44,46-50,52-53,55-70H2,1-3H3/b12-9-,21-18-,45-27-,54-51-. The number of carbonyl (C=O) groups is 3. The molecular formula is C74H136O6. The van der Waals surface area contributed by atoms with Crippen molar-refractivity contribution in [2.45, 2.75) is 393 Å².